The van der Waals surface area contributed by atoms with E-state index in [2.05, 4.69) is 40.6 Å². The number of fused-ring (bicyclic) bond motifs is 1. The minimum atomic E-state index is 0.575. The first kappa shape index (κ1) is 8.77. The zero-order valence-electron chi connectivity index (χ0n) is 8.83. The van der Waals surface area contributed by atoms with Gasteiger partial charge in [0.15, 0.2) is 0 Å². The average Bonchev–Trinajstić information content (AvgIpc) is 2.97. The van der Waals surface area contributed by atoms with Gasteiger partial charge in [-0.1, -0.05) is 6.07 Å². The van der Waals surface area contributed by atoms with Crippen LogP contribution in [0, 0.1) is 5.92 Å². The summed E-state index contributed by atoms with van der Waals surface area (Å²) in [5, 5.41) is 11.8. The standard InChI is InChI=1S/C12H15N3/c1-8(9-5-6-9)14-11-3-2-4-12-10(11)7-13-15-12/h2-4,7-9,14H,5-6H2,1H3,(H,13,15). The Morgan fingerprint density at radius 3 is 3.13 bits per heavy atom. The van der Waals surface area contributed by atoms with Crippen LogP contribution in [0.1, 0.15) is 19.8 Å². The lowest BCUT2D eigenvalue weighted by Crippen LogP contribution is -2.17. The van der Waals surface area contributed by atoms with Crippen LogP contribution < -0.4 is 5.32 Å². The van der Waals surface area contributed by atoms with Gasteiger partial charge in [-0.25, -0.2) is 0 Å². The van der Waals surface area contributed by atoms with Gasteiger partial charge in [0.2, 0.25) is 0 Å². The lowest BCUT2D eigenvalue weighted by atomic mass is 10.1. The van der Waals surface area contributed by atoms with E-state index in [0.29, 0.717) is 6.04 Å². The molecule has 1 aromatic heterocycles. The van der Waals surface area contributed by atoms with Gasteiger partial charge in [-0.2, -0.15) is 5.10 Å². The van der Waals surface area contributed by atoms with Gasteiger partial charge in [-0.05, 0) is 37.8 Å². The molecule has 78 valence electrons. The van der Waals surface area contributed by atoms with Crippen LogP contribution in [-0.4, -0.2) is 16.2 Å². The third-order valence-corrected chi connectivity index (χ3v) is 3.20. The molecule has 0 saturated heterocycles. The van der Waals surface area contributed by atoms with E-state index in [-0.39, 0.29) is 0 Å². The largest absolute Gasteiger partial charge is 0.382 e. The van der Waals surface area contributed by atoms with Crippen LogP contribution in [0.5, 0.6) is 0 Å². The fraction of sp³-hybridized carbons (Fsp3) is 0.417. The molecule has 2 N–H and O–H groups in total. The van der Waals surface area contributed by atoms with Gasteiger partial charge >= 0.3 is 0 Å². The smallest absolute Gasteiger partial charge is 0.0671 e. The molecular formula is C12H15N3. The minimum absolute atomic E-state index is 0.575. The van der Waals surface area contributed by atoms with Crippen molar-refractivity contribution in [3.8, 4) is 0 Å². The van der Waals surface area contributed by atoms with E-state index in [9.17, 15) is 0 Å². The minimum Gasteiger partial charge on any atom is -0.382 e. The van der Waals surface area contributed by atoms with E-state index in [1.165, 1.54) is 23.9 Å². The summed E-state index contributed by atoms with van der Waals surface area (Å²) in [7, 11) is 0. The Labute approximate surface area is 88.9 Å². The van der Waals surface area contributed by atoms with Crippen molar-refractivity contribution in [2.75, 3.05) is 5.32 Å². The summed E-state index contributed by atoms with van der Waals surface area (Å²) >= 11 is 0. The van der Waals surface area contributed by atoms with Crippen molar-refractivity contribution in [2.45, 2.75) is 25.8 Å². The topological polar surface area (TPSA) is 40.7 Å². The second-order valence-corrected chi connectivity index (χ2v) is 4.41. The number of hydrogen-bond donors (Lipinski definition) is 2. The van der Waals surface area contributed by atoms with E-state index in [0.717, 1.165) is 11.4 Å². The lowest BCUT2D eigenvalue weighted by molar-refractivity contribution is 0.695. The van der Waals surface area contributed by atoms with Gasteiger partial charge in [0.1, 0.15) is 0 Å². The van der Waals surface area contributed by atoms with Crippen LogP contribution in [0.25, 0.3) is 10.9 Å². The van der Waals surface area contributed by atoms with Gasteiger partial charge in [-0.3, -0.25) is 5.10 Å². The number of benzene rings is 1. The van der Waals surface area contributed by atoms with E-state index in [4.69, 9.17) is 0 Å². The van der Waals surface area contributed by atoms with Crippen molar-refractivity contribution in [1.82, 2.24) is 10.2 Å². The molecule has 1 aromatic carbocycles. The molecule has 1 unspecified atom stereocenters. The lowest BCUT2D eigenvalue weighted by Gasteiger charge is -2.14. The highest BCUT2D eigenvalue weighted by Crippen LogP contribution is 2.34. The number of anilines is 1. The fourth-order valence-electron chi connectivity index (χ4n) is 2.05. The summed E-state index contributed by atoms with van der Waals surface area (Å²) < 4.78 is 0. The fourth-order valence-corrected chi connectivity index (χ4v) is 2.05. The summed E-state index contributed by atoms with van der Waals surface area (Å²) in [6, 6.07) is 6.81. The average molecular weight is 201 g/mol. The third-order valence-electron chi connectivity index (χ3n) is 3.20. The second kappa shape index (κ2) is 3.26. The maximum absolute atomic E-state index is 4.06. The Morgan fingerprint density at radius 2 is 2.33 bits per heavy atom. The van der Waals surface area contributed by atoms with Crippen LogP contribution in [0.15, 0.2) is 24.4 Å². The summed E-state index contributed by atoms with van der Waals surface area (Å²) in [5.41, 5.74) is 2.30. The second-order valence-electron chi connectivity index (χ2n) is 4.41. The van der Waals surface area contributed by atoms with Gasteiger partial charge in [0, 0.05) is 17.1 Å². The van der Waals surface area contributed by atoms with Gasteiger partial charge in [0.05, 0.1) is 11.7 Å². The van der Waals surface area contributed by atoms with Crippen LogP contribution in [0.3, 0.4) is 0 Å². The summed E-state index contributed by atoms with van der Waals surface area (Å²) in [5.74, 6) is 0.868. The van der Waals surface area contributed by atoms with Crippen molar-refractivity contribution < 1.29 is 0 Å². The molecule has 1 aliphatic carbocycles. The first-order valence-corrected chi connectivity index (χ1v) is 5.53. The van der Waals surface area contributed by atoms with Crippen LogP contribution in [0.4, 0.5) is 5.69 Å². The number of aromatic amines is 1. The molecule has 3 nitrogen and oxygen atoms in total. The summed E-state index contributed by atoms with van der Waals surface area (Å²) in [6.45, 7) is 2.26. The molecule has 0 amide bonds. The first-order chi connectivity index (χ1) is 7.34. The SMILES string of the molecule is CC(Nc1cccc2[nH]ncc12)C1CC1. The molecule has 0 aliphatic heterocycles. The van der Waals surface area contributed by atoms with Crippen molar-refractivity contribution in [1.29, 1.82) is 0 Å². The third kappa shape index (κ3) is 1.58. The molecular weight excluding hydrogens is 186 g/mol. The molecule has 1 saturated carbocycles. The van der Waals surface area contributed by atoms with Crippen molar-refractivity contribution in [2.24, 2.45) is 5.92 Å². The van der Waals surface area contributed by atoms with E-state index >= 15 is 0 Å². The number of nitrogens with zero attached hydrogens (tertiary/aromatic N) is 1. The molecule has 0 spiro atoms. The van der Waals surface area contributed by atoms with Gasteiger partial charge < -0.3 is 5.32 Å². The molecule has 1 fully saturated rings. The predicted octanol–water partition coefficient (Wildman–Crippen LogP) is 2.77. The molecule has 0 radical (unpaired) electrons. The predicted molar refractivity (Wildman–Crippen MR) is 61.9 cm³/mol. The Kier molecular flexibility index (Phi) is 1.91. The van der Waals surface area contributed by atoms with Crippen LogP contribution >= 0.6 is 0 Å². The van der Waals surface area contributed by atoms with Crippen LogP contribution in [-0.2, 0) is 0 Å². The molecule has 15 heavy (non-hydrogen) atoms. The summed E-state index contributed by atoms with van der Waals surface area (Å²) in [6.07, 6.45) is 4.63. The van der Waals surface area contributed by atoms with Crippen molar-refractivity contribution in [3.63, 3.8) is 0 Å². The molecule has 2 aromatic rings. The zero-order chi connectivity index (χ0) is 10.3. The Morgan fingerprint density at radius 1 is 1.47 bits per heavy atom. The molecule has 0 bridgehead atoms. The normalized spacial score (nSPS) is 17.9. The Hall–Kier alpha value is -1.51. The quantitative estimate of drug-likeness (QED) is 0.801. The van der Waals surface area contributed by atoms with Crippen molar-refractivity contribution in [3.05, 3.63) is 24.4 Å². The number of hydrogen-bond acceptors (Lipinski definition) is 2. The maximum Gasteiger partial charge on any atom is 0.0671 e. The summed E-state index contributed by atoms with van der Waals surface area (Å²) in [4.78, 5) is 0. The van der Waals surface area contributed by atoms with E-state index in [1.807, 2.05) is 6.20 Å². The monoisotopic (exact) mass is 201 g/mol. The number of rotatable bonds is 3. The first-order valence-electron chi connectivity index (χ1n) is 5.53. The van der Waals surface area contributed by atoms with Gasteiger partial charge in [-0.15, -0.1) is 0 Å². The zero-order valence-corrected chi connectivity index (χ0v) is 8.83. The van der Waals surface area contributed by atoms with E-state index < -0.39 is 0 Å². The number of aromatic nitrogens is 2. The van der Waals surface area contributed by atoms with E-state index in [1.54, 1.807) is 0 Å². The molecule has 1 heterocycles. The Balaban J connectivity index is 1.92. The Bertz CT molecular complexity index is 470. The van der Waals surface area contributed by atoms with Gasteiger partial charge in [0.25, 0.3) is 0 Å². The van der Waals surface area contributed by atoms with Crippen molar-refractivity contribution >= 4 is 16.6 Å². The highest BCUT2D eigenvalue weighted by Gasteiger charge is 2.27. The van der Waals surface area contributed by atoms with Crippen LogP contribution in [0.2, 0.25) is 0 Å². The number of H-pyrrole nitrogens is 1. The highest BCUT2D eigenvalue weighted by molar-refractivity contribution is 5.90. The molecule has 3 rings (SSSR count). The maximum atomic E-state index is 4.06. The number of nitrogens with one attached hydrogen (secondary N) is 2. The highest BCUT2D eigenvalue weighted by atomic mass is 15.1. The molecule has 1 atom stereocenters. The molecule has 1 aliphatic rings. The molecule has 3 heteroatoms.